The van der Waals surface area contributed by atoms with E-state index < -0.39 is 0 Å². The van der Waals surface area contributed by atoms with Gasteiger partial charge in [-0.15, -0.1) is 0 Å². The Morgan fingerprint density at radius 3 is 3.00 bits per heavy atom. The molecule has 0 saturated heterocycles. The van der Waals surface area contributed by atoms with Crippen LogP contribution in [0.5, 0.6) is 0 Å². The Morgan fingerprint density at radius 2 is 2.36 bits per heavy atom. The number of aromatic nitrogens is 1. The molecule has 0 aromatic carbocycles. The molecule has 0 amide bonds. The third-order valence-electron chi connectivity index (χ3n) is 2.75. The largest absolute Gasteiger partial charge is 0.393 e. The van der Waals surface area contributed by atoms with Crippen molar-refractivity contribution >= 4 is 5.82 Å². The quantitative estimate of drug-likeness (QED) is 0.765. The molecule has 0 spiro atoms. The van der Waals surface area contributed by atoms with Gasteiger partial charge in [-0.2, -0.15) is 0 Å². The monoisotopic (exact) mass is 192 g/mol. The lowest BCUT2D eigenvalue weighted by atomic mass is 10.1. The van der Waals surface area contributed by atoms with E-state index in [1.807, 2.05) is 18.2 Å². The van der Waals surface area contributed by atoms with Crippen LogP contribution in [0.25, 0.3) is 0 Å². The number of nitrogens with one attached hydrogen (secondary N) is 1. The van der Waals surface area contributed by atoms with E-state index >= 15 is 0 Å². The first-order valence-corrected chi connectivity index (χ1v) is 5.17. The van der Waals surface area contributed by atoms with Crippen molar-refractivity contribution in [3.8, 4) is 0 Å². The molecule has 14 heavy (non-hydrogen) atoms. The maximum absolute atomic E-state index is 9.35. The maximum atomic E-state index is 9.35. The fourth-order valence-corrected chi connectivity index (χ4v) is 1.95. The zero-order chi connectivity index (χ0) is 9.80. The standard InChI is InChI=1S/C11H16N2O/c14-10-5-4-9(7-10)8-13-11-3-1-2-6-12-11/h1-3,6,9-10,14H,4-5,7-8H2,(H,12,13). The third kappa shape index (κ3) is 2.45. The van der Waals surface area contributed by atoms with Crippen LogP contribution in [0.1, 0.15) is 19.3 Å². The fraction of sp³-hybridized carbons (Fsp3) is 0.545. The summed E-state index contributed by atoms with van der Waals surface area (Å²) < 4.78 is 0. The van der Waals surface area contributed by atoms with Crippen LogP contribution in [-0.4, -0.2) is 22.7 Å². The Kier molecular flexibility index (Phi) is 2.99. The van der Waals surface area contributed by atoms with Crippen molar-refractivity contribution in [1.82, 2.24) is 4.98 Å². The molecule has 1 heterocycles. The summed E-state index contributed by atoms with van der Waals surface area (Å²) >= 11 is 0. The molecular formula is C11H16N2O. The molecule has 0 bridgehead atoms. The van der Waals surface area contributed by atoms with Gasteiger partial charge in [-0.3, -0.25) is 0 Å². The van der Waals surface area contributed by atoms with Gasteiger partial charge in [0.15, 0.2) is 0 Å². The first-order chi connectivity index (χ1) is 6.84. The van der Waals surface area contributed by atoms with Crippen LogP contribution in [0.4, 0.5) is 5.82 Å². The molecule has 76 valence electrons. The lowest BCUT2D eigenvalue weighted by molar-refractivity contribution is 0.178. The Balaban J connectivity index is 1.78. The van der Waals surface area contributed by atoms with Crippen LogP contribution in [0, 0.1) is 5.92 Å². The number of pyridine rings is 1. The Labute approximate surface area is 84.2 Å². The topological polar surface area (TPSA) is 45.1 Å². The van der Waals surface area contributed by atoms with Gasteiger partial charge in [-0.25, -0.2) is 4.98 Å². The molecule has 1 aromatic rings. The molecule has 1 aliphatic rings. The van der Waals surface area contributed by atoms with Crippen LogP contribution in [0.15, 0.2) is 24.4 Å². The van der Waals surface area contributed by atoms with E-state index in [1.54, 1.807) is 6.20 Å². The molecule has 1 fully saturated rings. The maximum Gasteiger partial charge on any atom is 0.125 e. The molecule has 1 saturated carbocycles. The molecule has 2 atom stereocenters. The van der Waals surface area contributed by atoms with E-state index in [-0.39, 0.29) is 6.10 Å². The highest BCUT2D eigenvalue weighted by Crippen LogP contribution is 2.25. The van der Waals surface area contributed by atoms with E-state index in [9.17, 15) is 5.11 Å². The number of nitrogens with zero attached hydrogens (tertiary/aromatic N) is 1. The lowest BCUT2D eigenvalue weighted by Gasteiger charge is -2.10. The normalized spacial score (nSPS) is 26.4. The zero-order valence-corrected chi connectivity index (χ0v) is 8.19. The average Bonchev–Trinajstić information content (AvgIpc) is 2.63. The summed E-state index contributed by atoms with van der Waals surface area (Å²) in [5.74, 6) is 1.53. The second-order valence-electron chi connectivity index (χ2n) is 3.93. The van der Waals surface area contributed by atoms with Crippen molar-refractivity contribution in [1.29, 1.82) is 0 Å². The molecular weight excluding hydrogens is 176 g/mol. The van der Waals surface area contributed by atoms with Crippen LogP contribution >= 0.6 is 0 Å². The summed E-state index contributed by atoms with van der Waals surface area (Å²) in [6.45, 7) is 0.925. The summed E-state index contributed by atoms with van der Waals surface area (Å²) in [5, 5.41) is 12.6. The third-order valence-corrected chi connectivity index (χ3v) is 2.75. The van der Waals surface area contributed by atoms with E-state index in [0.29, 0.717) is 5.92 Å². The molecule has 2 N–H and O–H groups in total. The van der Waals surface area contributed by atoms with Gasteiger partial charge in [0, 0.05) is 12.7 Å². The Bertz CT molecular complexity index is 276. The predicted octanol–water partition coefficient (Wildman–Crippen LogP) is 1.65. The minimum absolute atomic E-state index is 0.0782. The summed E-state index contributed by atoms with van der Waals surface area (Å²) in [4.78, 5) is 4.19. The number of aliphatic hydroxyl groups is 1. The van der Waals surface area contributed by atoms with Gasteiger partial charge >= 0.3 is 0 Å². The number of aliphatic hydroxyl groups excluding tert-OH is 1. The number of hydrogen-bond acceptors (Lipinski definition) is 3. The zero-order valence-electron chi connectivity index (χ0n) is 8.19. The molecule has 0 radical (unpaired) electrons. The van der Waals surface area contributed by atoms with E-state index in [1.165, 1.54) is 0 Å². The SMILES string of the molecule is OC1CCC(CNc2ccccn2)C1. The van der Waals surface area contributed by atoms with Crippen molar-refractivity contribution in [2.24, 2.45) is 5.92 Å². The molecule has 2 unspecified atom stereocenters. The first-order valence-electron chi connectivity index (χ1n) is 5.17. The fourth-order valence-electron chi connectivity index (χ4n) is 1.95. The highest BCUT2D eigenvalue weighted by atomic mass is 16.3. The van der Waals surface area contributed by atoms with Crippen LogP contribution in [-0.2, 0) is 0 Å². The van der Waals surface area contributed by atoms with Gasteiger partial charge in [0.2, 0.25) is 0 Å². The van der Waals surface area contributed by atoms with Crippen LogP contribution in [0.3, 0.4) is 0 Å². The van der Waals surface area contributed by atoms with Gasteiger partial charge in [0.25, 0.3) is 0 Å². The summed E-state index contributed by atoms with van der Waals surface area (Å²) in [5.41, 5.74) is 0. The minimum atomic E-state index is -0.0782. The number of rotatable bonds is 3. The second-order valence-corrected chi connectivity index (χ2v) is 3.93. The molecule has 2 rings (SSSR count). The number of anilines is 1. The second kappa shape index (κ2) is 4.42. The summed E-state index contributed by atoms with van der Waals surface area (Å²) in [6.07, 6.45) is 4.71. The van der Waals surface area contributed by atoms with E-state index in [2.05, 4.69) is 10.3 Å². The van der Waals surface area contributed by atoms with E-state index in [4.69, 9.17) is 0 Å². The van der Waals surface area contributed by atoms with Crippen molar-refractivity contribution in [3.05, 3.63) is 24.4 Å². The molecule has 0 aliphatic heterocycles. The first kappa shape index (κ1) is 9.46. The molecule has 1 aromatic heterocycles. The van der Waals surface area contributed by atoms with Crippen molar-refractivity contribution in [2.75, 3.05) is 11.9 Å². The van der Waals surface area contributed by atoms with Crippen LogP contribution < -0.4 is 5.32 Å². The highest BCUT2D eigenvalue weighted by molar-refractivity contribution is 5.33. The smallest absolute Gasteiger partial charge is 0.125 e. The van der Waals surface area contributed by atoms with Crippen molar-refractivity contribution in [3.63, 3.8) is 0 Å². The van der Waals surface area contributed by atoms with Gasteiger partial charge < -0.3 is 10.4 Å². The summed E-state index contributed by atoms with van der Waals surface area (Å²) in [7, 11) is 0. The van der Waals surface area contributed by atoms with Gasteiger partial charge in [0.1, 0.15) is 5.82 Å². The van der Waals surface area contributed by atoms with E-state index in [0.717, 1.165) is 31.6 Å². The predicted molar refractivity (Wildman–Crippen MR) is 56.1 cm³/mol. The van der Waals surface area contributed by atoms with Gasteiger partial charge in [-0.1, -0.05) is 6.07 Å². The van der Waals surface area contributed by atoms with Crippen LogP contribution in [0.2, 0.25) is 0 Å². The Hall–Kier alpha value is -1.09. The molecule has 1 aliphatic carbocycles. The number of hydrogen-bond donors (Lipinski definition) is 2. The lowest BCUT2D eigenvalue weighted by Crippen LogP contribution is -2.13. The minimum Gasteiger partial charge on any atom is -0.393 e. The molecule has 3 nitrogen and oxygen atoms in total. The average molecular weight is 192 g/mol. The summed E-state index contributed by atoms with van der Waals surface area (Å²) in [6, 6.07) is 5.84. The van der Waals surface area contributed by atoms with Gasteiger partial charge in [-0.05, 0) is 37.3 Å². The highest BCUT2D eigenvalue weighted by Gasteiger charge is 2.22. The van der Waals surface area contributed by atoms with Crippen molar-refractivity contribution < 1.29 is 5.11 Å². The Morgan fingerprint density at radius 1 is 1.43 bits per heavy atom. The van der Waals surface area contributed by atoms with Gasteiger partial charge in [0.05, 0.1) is 6.10 Å². The van der Waals surface area contributed by atoms with Crippen molar-refractivity contribution in [2.45, 2.75) is 25.4 Å². The molecule has 3 heteroatoms.